The molecule has 1 fully saturated rings. The number of aryl methyl sites for hydroxylation is 1. The van der Waals surface area contributed by atoms with Crippen LogP contribution in [-0.2, 0) is 16.6 Å². The molecule has 1 aliphatic rings. The van der Waals surface area contributed by atoms with E-state index in [2.05, 4.69) is 23.1 Å². The number of carbonyl (C=O) groups is 1. The van der Waals surface area contributed by atoms with Gasteiger partial charge in [0.1, 0.15) is 0 Å². The van der Waals surface area contributed by atoms with Gasteiger partial charge in [-0.05, 0) is 19.8 Å². The summed E-state index contributed by atoms with van der Waals surface area (Å²) in [4.78, 5) is 12.9. The molecule has 1 atom stereocenters. The first kappa shape index (κ1) is 15.0. The molecule has 0 aliphatic carbocycles. The molecule has 20 heavy (non-hydrogen) atoms. The van der Waals surface area contributed by atoms with Gasteiger partial charge in [0.05, 0.1) is 25.3 Å². The van der Waals surface area contributed by atoms with Crippen molar-refractivity contribution >= 4 is 5.97 Å². The molecule has 1 aromatic rings. The van der Waals surface area contributed by atoms with Crippen LogP contribution in [0.3, 0.4) is 0 Å². The maximum absolute atomic E-state index is 10.4. The molecule has 0 aromatic carbocycles. The number of carboxylic acid groups (broad SMARTS) is 1. The Balaban J connectivity index is 1.75. The van der Waals surface area contributed by atoms with E-state index >= 15 is 0 Å². The van der Waals surface area contributed by atoms with Crippen molar-refractivity contribution in [3.8, 4) is 0 Å². The summed E-state index contributed by atoms with van der Waals surface area (Å²) in [7, 11) is 1.93. The van der Waals surface area contributed by atoms with Crippen LogP contribution in [0.4, 0.5) is 0 Å². The lowest BCUT2D eigenvalue weighted by Crippen LogP contribution is -2.38. The number of ether oxygens (including phenoxy) is 1. The number of hydrogen-bond acceptors (Lipinski definition) is 4. The van der Waals surface area contributed by atoms with Crippen LogP contribution in [0, 0.1) is 0 Å². The first-order valence-corrected chi connectivity index (χ1v) is 7.12. The molecule has 1 aliphatic heterocycles. The van der Waals surface area contributed by atoms with E-state index in [0.717, 1.165) is 25.9 Å². The molecule has 1 N–H and O–H groups in total. The van der Waals surface area contributed by atoms with E-state index in [9.17, 15) is 4.79 Å². The number of likely N-dealkylation sites (tertiary alicyclic amines) is 1. The minimum atomic E-state index is -0.798. The molecule has 6 nitrogen and oxygen atoms in total. The highest BCUT2D eigenvalue weighted by Gasteiger charge is 2.24. The van der Waals surface area contributed by atoms with E-state index in [1.165, 1.54) is 5.56 Å². The molecule has 2 rings (SSSR count). The lowest BCUT2D eigenvalue weighted by molar-refractivity contribution is -0.138. The zero-order valence-corrected chi connectivity index (χ0v) is 12.2. The molecule has 0 bridgehead atoms. The Labute approximate surface area is 119 Å². The van der Waals surface area contributed by atoms with Crippen molar-refractivity contribution in [1.82, 2.24) is 14.7 Å². The molecular formula is C14H23N3O3. The molecule has 0 amide bonds. The largest absolute Gasteiger partial charge is 0.481 e. The minimum Gasteiger partial charge on any atom is -0.481 e. The molecule has 0 radical (unpaired) electrons. The molecule has 0 spiro atoms. The summed E-state index contributed by atoms with van der Waals surface area (Å²) in [6.45, 7) is 4.47. The summed E-state index contributed by atoms with van der Waals surface area (Å²) in [5.74, 6) is -0.798. The molecule has 1 saturated heterocycles. The van der Waals surface area contributed by atoms with Crippen LogP contribution in [0.5, 0.6) is 0 Å². The number of rotatable bonds is 6. The average Bonchev–Trinajstić information content (AvgIpc) is 2.85. The Hall–Kier alpha value is -1.40. The number of aromatic nitrogens is 2. The Morgan fingerprint density at radius 1 is 1.55 bits per heavy atom. The van der Waals surface area contributed by atoms with E-state index in [1.807, 2.05) is 17.9 Å². The van der Waals surface area contributed by atoms with Gasteiger partial charge in [-0.15, -0.1) is 0 Å². The predicted octanol–water partition coefficient (Wildman–Crippen LogP) is 1.44. The Morgan fingerprint density at radius 2 is 2.25 bits per heavy atom. The molecule has 6 heteroatoms. The van der Waals surface area contributed by atoms with Crippen molar-refractivity contribution in [2.24, 2.45) is 7.05 Å². The van der Waals surface area contributed by atoms with Crippen molar-refractivity contribution in [2.45, 2.75) is 38.3 Å². The highest BCUT2D eigenvalue weighted by molar-refractivity contribution is 5.66. The predicted molar refractivity (Wildman–Crippen MR) is 74.4 cm³/mol. The van der Waals surface area contributed by atoms with E-state index in [0.29, 0.717) is 12.6 Å². The molecule has 2 heterocycles. The maximum atomic E-state index is 10.4. The SMILES string of the molecule is CC(c1cnn(C)c1)N1CCC(OCCC(=O)O)CC1. The van der Waals surface area contributed by atoms with Crippen LogP contribution in [0.15, 0.2) is 12.4 Å². The van der Waals surface area contributed by atoms with E-state index < -0.39 is 5.97 Å². The van der Waals surface area contributed by atoms with Crippen LogP contribution in [0.2, 0.25) is 0 Å². The van der Waals surface area contributed by atoms with Crippen LogP contribution in [0.1, 0.15) is 37.8 Å². The summed E-state index contributed by atoms with van der Waals surface area (Å²) in [5.41, 5.74) is 1.23. The third-order valence-electron chi connectivity index (χ3n) is 3.90. The average molecular weight is 281 g/mol. The van der Waals surface area contributed by atoms with Gasteiger partial charge in [-0.25, -0.2) is 0 Å². The number of carboxylic acids is 1. The molecule has 0 saturated carbocycles. The quantitative estimate of drug-likeness (QED) is 0.854. The standard InChI is InChI=1S/C14H23N3O3/c1-11(12-9-15-16(2)10-12)17-6-3-13(4-7-17)20-8-5-14(18)19/h9-11,13H,3-8H2,1-2H3,(H,18,19). The molecule has 1 unspecified atom stereocenters. The molecule has 112 valence electrons. The third-order valence-corrected chi connectivity index (χ3v) is 3.90. The number of hydrogen-bond donors (Lipinski definition) is 1. The van der Waals surface area contributed by atoms with Gasteiger partial charge in [-0.3, -0.25) is 14.4 Å². The second-order valence-corrected chi connectivity index (χ2v) is 5.37. The first-order valence-electron chi connectivity index (χ1n) is 7.12. The second-order valence-electron chi connectivity index (χ2n) is 5.37. The van der Waals surface area contributed by atoms with E-state index in [-0.39, 0.29) is 12.5 Å². The van der Waals surface area contributed by atoms with Crippen molar-refractivity contribution in [3.63, 3.8) is 0 Å². The van der Waals surface area contributed by atoms with Crippen LogP contribution < -0.4 is 0 Å². The third kappa shape index (κ3) is 4.05. The number of piperidine rings is 1. The zero-order chi connectivity index (χ0) is 14.5. The normalized spacial score (nSPS) is 19.1. The summed E-state index contributed by atoms with van der Waals surface area (Å²) in [6, 6.07) is 0.365. The lowest BCUT2D eigenvalue weighted by Gasteiger charge is -2.35. The van der Waals surface area contributed by atoms with Gasteiger partial charge in [-0.1, -0.05) is 0 Å². The fraction of sp³-hybridized carbons (Fsp3) is 0.714. The van der Waals surface area contributed by atoms with Gasteiger partial charge in [0, 0.05) is 37.9 Å². The van der Waals surface area contributed by atoms with Gasteiger partial charge in [0.15, 0.2) is 0 Å². The number of nitrogens with zero attached hydrogens (tertiary/aromatic N) is 3. The van der Waals surface area contributed by atoms with Crippen molar-refractivity contribution < 1.29 is 14.6 Å². The molecular weight excluding hydrogens is 258 g/mol. The zero-order valence-electron chi connectivity index (χ0n) is 12.2. The Morgan fingerprint density at radius 3 is 2.80 bits per heavy atom. The lowest BCUT2D eigenvalue weighted by atomic mass is 10.0. The van der Waals surface area contributed by atoms with Gasteiger partial charge in [-0.2, -0.15) is 5.10 Å². The van der Waals surface area contributed by atoms with E-state index in [4.69, 9.17) is 9.84 Å². The van der Waals surface area contributed by atoms with Crippen LogP contribution in [0.25, 0.3) is 0 Å². The van der Waals surface area contributed by atoms with Crippen molar-refractivity contribution in [1.29, 1.82) is 0 Å². The van der Waals surface area contributed by atoms with Gasteiger partial charge >= 0.3 is 5.97 Å². The van der Waals surface area contributed by atoms with Crippen LogP contribution in [-0.4, -0.2) is 51.6 Å². The van der Waals surface area contributed by atoms with Crippen LogP contribution >= 0.6 is 0 Å². The van der Waals surface area contributed by atoms with Gasteiger partial charge in [0.2, 0.25) is 0 Å². The highest BCUT2D eigenvalue weighted by Crippen LogP contribution is 2.24. The molecule has 1 aromatic heterocycles. The fourth-order valence-corrected chi connectivity index (χ4v) is 2.61. The Bertz CT molecular complexity index is 439. The van der Waals surface area contributed by atoms with Gasteiger partial charge < -0.3 is 9.84 Å². The monoisotopic (exact) mass is 281 g/mol. The topological polar surface area (TPSA) is 67.6 Å². The Kier molecular flexibility index (Phi) is 5.14. The summed E-state index contributed by atoms with van der Waals surface area (Å²) in [6.07, 6.45) is 6.19. The summed E-state index contributed by atoms with van der Waals surface area (Å²) < 4.78 is 7.43. The minimum absolute atomic E-state index is 0.0896. The summed E-state index contributed by atoms with van der Waals surface area (Å²) in [5, 5.41) is 12.8. The van der Waals surface area contributed by atoms with Gasteiger partial charge in [0.25, 0.3) is 0 Å². The summed E-state index contributed by atoms with van der Waals surface area (Å²) >= 11 is 0. The van der Waals surface area contributed by atoms with Crippen molar-refractivity contribution in [2.75, 3.05) is 19.7 Å². The second kappa shape index (κ2) is 6.85. The highest BCUT2D eigenvalue weighted by atomic mass is 16.5. The number of aliphatic carboxylic acids is 1. The first-order chi connectivity index (χ1) is 9.56. The maximum Gasteiger partial charge on any atom is 0.305 e. The van der Waals surface area contributed by atoms with E-state index in [1.54, 1.807) is 0 Å². The van der Waals surface area contributed by atoms with Crippen molar-refractivity contribution in [3.05, 3.63) is 18.0 Å². The smallest absolute Gasteiger partial charge is 0.305 e. The fourth-order valence-electron chi connectivity index (χ4n) is 2.61.